The second-order valence-corrected chi connectivity index (χ2v) is 5.36. The van der Waals surface area contributed by atoms with Crippen molar-refractivity contribution in [2.75, 3.05) is 5.32 Å². The van der Waals surface area contributed by atoms with Crippen molar-refractivity contribution in [2.45, 2.75) is 20.0 Å². The first-order valence-electron chi connectivity index (χ1n) is 5.66. The number of anilines is 1. The van der Waals surface area contributed by atoms with E-state index in [4.69, 9.17) is 0 Å². The van der Waals surface area contributed by atoms with Crippen LogP contribution in [0.1, 0.15) is 16.1 Å². The lowest BCUT2D eigenvalue weighted by atomic mass is 10.0. The van der Waals surface area contributed by atoms with Crippen LogP contribution in [0.25, 0.3) is 11.3 Å². The van der Waals surface area contributed by atoms with Crippen molar-refractivity contribution in [2.24, 2.45) is 0 Å². The number of amides is 1. The number of aryl methyl sites for hydroxylation is 1. The molecule has 1 amide bonds. The first-order valence-corrected chi connectivity index (χ1v) is 6.54. The van der Waals surface area contributed by atoms with Gasteiger partial charge in [-0.25, -0.2) is 4.98 Å². The van der Waals surface area contributed by atoms with Crippen LogP contribution in [0.5, 0.6) is 0 Å². The molecule has 0 radical (unpaired) electrons. The molecule has 1 aliphatic rings. The number of nitrogens with one attached hydrogen (secondary N) is 1. The number of fused-ring (bicyclic) bond motifs is 1. The van der Waals surface area contributed by atoms with Gasteiger partial charge in [-0.3, -0.25) is 4.79 Å². The van der Waals surface area contributed by atoms with E-state index in [0.717, 1.165) is 33.1 Å². The summed E-state index contributed by atoms with van der Waals surface area (Å²) in [4.78, 5) is 15.8. The predicted octanol–water partition coefficient (Wildman–Crippen LogP) is 2.11. The van der Waals surface area contributed by atoms with Crippen molar-refractivity contribution in [1.82, 2.24) is 4.98 Å². The van der Waals surface area contributed by atoms with Gasteiger partial charge in [0.25, 0.3) is 0 Å². The predicted molar refractivity (Wildman–Crippen MR) is 70.5 cm³/mol. The average Bonchev–Trinajstić information content (AvgIpc) is 2.91. The van der Waals surface area contributed by atoms with Crippen LogP contribution >= 0.6 is 11.3 Å². The van der Waals surface area contributed by atoms with Crippen LogP contribution in [-0.4, -0.2) is 16.0 Å². The van der Waals surface area contributed by atoms with Crippen molar-refractivity contribution in [3.8, 4) is 11.3 Å². The quantitative estimate of drug-likeness (QED) is 0.869. The summed E-state index contributed by atoms with van der Waals surface area (Å²) in [6, 6.07) is 3.79. The highest BCUT2D eigenvalue weighted by atomic mass is 32.1. The molecule has 2 N–H and O–H groups in total. The SMILES string of the molecule is Cc1nc(-c2cc3c(cc2CO)NC(=O)C3)cs1. The minimum atomic E-state index is -0.0605. The van der Waals surface area contributed by atoms with Crippen molar-refractivity contribution in [3.63, 3.8) is 0 Å². The Bertz CT molecular complexity index is 634. The minimum Gasteiger partial charge on any atom is -0.392 e. The van der Waals surface area contributed by atoms with E-state index in [-0.39, 0.29) is 12.5 Å². The molecule has 2 aromatic rings. The van der Waals surface area contributed by atoms with Crippen LogP contribution in [0.2, 0.25) is 0 Å². The van der Waals surface area contributed by atoms with Gasteiger partial charge in [-0.1, -0.05) is 0 Å². The Labute approximate surface area is 108 Å². The largest absolute Gasteiger partial charge is 0.392 e. The van der Waals surface area contributed by atoms with Crippen molar-refractivity contribution in [1.29, 1.82) is 0 Å². The van der Waals surface area contributed by atoms with Gasteiger partial charge in [-0.2, -0.15) is 0 Å². The van der Waals surface area contributed by atoms with Crippen LogP contribution in [-0.2, 0) is 17.8 Å². The van der Waals surface area contributed by atoms with E-state index in [0.29, 0.717) is 6.42 Å². The zero-order chi connectivity index (χ0) is 12.7. The number of hydrogen-bond acceptors (Lipinski definition) is 4. The van der Waals surface area contributed by atoms with Crippen LogP contribution < -0.4 is 5.32 Å². The highest BCUT2D eigenvalue weighted by Crippen LogP contribution is 2.33. The fourth-order valence-corrected chi connectivity index (χ4v) is 2.79. The summed E-state index contributed by atoms with van der Waals surface area (Å²) in [5.74, 6) is 0.000461. The van der Waals surface area contributed by atoms with E-state index >= 15 is 0 Å². The Kier molecular flexibility index (Phi) is 2.65. The molecule has 4 nitrogen and oxygen atoms in total. The number of carbonyl (C=O) groups excluding carboxylic acids is 1. The van der Waals surface area contributed by atoms with Crippen molar-refractivity contribution >= 4 is 22.9 Å². The first-order chi connectivity index (χ1) is 8.67. The van der Waals surface area contributed by atoms with E-state index in [1.54, 1.807) is 11.3 Å². The minimum absolute atomic E-state index is 0.000461. The molecular weight excluding hydrogens is 248 g/mol. The number of carbonyl (C=O) groups is 1. The Hall–Kier alpha value is -1.72. The molecular formula is C13H12N2O2S. The number of thiazole rings is 1. The van der Waals surface area contributed by atoms with Crippen LogP contribution in [0.3, 0.4) is 0 Å². The van der Waals surface area contributed by atoms with Gasteiger partial charge in [0.2, 0.25) is 5.91 Å². The van der Waals surface area contributed by atoms with E-state index in [2.05, 4.69) is 10.3 Å². The highest BCUT2D eigenvalue weighted by Gasteiger charge is 2.20. The third-order valence-corrected chi connectivity index (χ3v) is 3.79. The second kappa shape index (κ2) is 4.19. The van der Waals surface area contributed by atoms with Gasteiger partial charge in [-0.15, -0.1) is 11.3 Å². The lowest BCUT2D eigenvalue weighted by molar-refractivity contribution is -0.115. The zero-order valence-corrected chi connectivity index (χ0v) is 10.7. The third-order valence-electron chi connectivity index (χ3n) is 3.02. The maximum absolute atomic E-state index is 11.4. The van der Waals surface area contributed by atoms with Gasteiger partial charge < -0.3 is 10.4 Å². The van der Waals surface area contributed by atoms with E-state index in [1.165, 1.54) is 0 Å². The van der Waals surface area contributed by atoms with Crippen LogP contribution in [0, 0.1) is 6.92 Å². The standard InChI is InChI=1S/C13H12N2O2S/c1-7-14-12(6-18-7)10-2-8-4-13(17)15-11(8)3-9(10)5-16/h2-3,6,16H,4-5H2,1H3,(H,15,17). The number of aromatic nitrogens is 1. The van der Waals surface area contributed by atoms with Gasteiger partial charge >= 0.3 is 0 Å². The fraction of sp³-hybridized carbons (Fsp3) is 0.231. The molecule has 0 fully saturated rings. The number of rotatable bonds is 2. The molecule has 0 bridgehead atoms. The monoisotopic (exact) mass is 260 g/mol. The number of benzene rings is 1. The molecule has 0 spiro atoms. The smallest absolute Gasteiger partial charge is 0.228 e. The molecule has 1 aliphatic heterocycles. The van der Waals surface area contributed by atoms with E-state index in [1.807, 2.05) is 24.4 Å². The molecule has 0 atom stereocenters. The normalized spacial score (nSPS) is 13.6. The maximum atomic E-state index is 11.4. The lowest BCUT2D eigenvalue weighted by Crippen LogP contribution is -2.03. The Morgan fingerprint density at radius 1 is 1.50 bits per heavy atom. The molecule has 5 heteroatoms. The summed E-state index contributed by atoms with van der Waals surface area (Å²) in [7, 11) is 0. The van der Waals surface area contributed by atoms with Crippen molar-refractivity contribution < 1.29 is 9.90 Å². The second-order valence-electron chi connectivity index (χ2n) is 4.30. The molecule has 92 valence electrons. The Morgan fingerprint density at radius 3 is 3.00 bits per heavy atom. The lowest BCUT2D eigenvalue weighted by Gasteiger charge is -2.08. The highest BCUT2D eigenvalue weighted by molar-refractivity contribution is 7.09. The molecule has 0 saturated heterocycles. The summed E-state index contributed by atoms with van der Waals surface area (Å²) < 4.78 is 0. The zero-order valence-electron chi connectivity index (χ0n) is 9.86. The molecule has 0 saturated carbocycles. The van der Waals surface area contributed by atoms with Gasteiger partial charge in [0.15, 0.2) is 0 Å². The third kappa shape index (κ3) is 1.81. The summed E-state index contributed by atoms with van der Waals surface area (Å²) in [5, 5.41) is 15.2. The topological polar surface area (TPSA) is 62.2 Å². The summed E-state index contributed by atoms with van der Waals surface area (Å²) in [5.41, 5.74) is 4.35. The van der Waals surface area contributed by atoms with Gasteiger partial charge in [0, 0.05) is 16.6 Å². The van der Waals surface area contributed by atoms with Gasteiger partial charge in [0.05, 0.1) is 23.7 Å². The number of aliphatic hydroxyl groups is 1. The Morgan fingerprint density at radius 2 is 2.33 bits per heavy atom. The molecule has 0 unspecified atom stereocenters. The van der Waals surface area contributed by atoms with Gasteiger partial charge in [-0.05, 0) is 30.2 Å². The number of aliphatic hydroxyl groups excluding tert-OH is 1. The molecule has 18 heavy (non-hydrogen) atoms. The molecule has 0 aliphatic carbocycles. The fourth-order valence-electron chi connectivity index (χ4n) is 2.18. The summed E-state index contributed by atoms with van der Waals surface area (Å²) >= 11 is 1.58. The van der Waals surface area contributed by atoms with E-state index in [9.17, 15) is 9.90 Å². The molecule has 3 rings (SSSR count). The average molecular weight is 260 g/mol. The summed E-state index contributed by atoms with van der Waals surface area (Å²) in [6.45, 7) is 1.89. The molecule has 1 aromatic heterocycles. The maximum Gasteiger partial charge on any atom is 0.228 e. The van der Waals surface area contributed by atoms with Crippen LogP contribution in [0.15, 0.2) is 17.5 Å². The Balaban J connectivity index is 2.15. The first kappa shape index (κ1) is 11.4. The summed E-state index contributed by atoms with van der Waals surface area (Å²) in [6.07, 6.45) is 0.400. The van der Waals surface area contributed by atoms with Crippen LogP contribution in [0.4, 0.5) is 5.69 Å². The van der Waals surface area contributed by atoms with Crippen molar-refractivity contribution in [3.05, 3.63) is 33.6 Å². The molecule has 1 aromatic carbocycles. The number of nitrogens with zero attached hydrogens (tertiary/aromatic N) is 1. The molecule has 2 heterocycles. The van der Waals surface area contributed by atoms with Gasteiger partial charge in [0.1, 0.15) is 0 Å². The van der Waals surface area contributed by atoms with E-state index < -0.39 is 0 Å². The number of hydrogen-bond donors (Lipinski definition) is 2.